The van der Waals surface area contributed by atoms with Gasteiger partial charge in [-0.05, 0) is 12.1 Å². The first-order valence-corrected chi connectivity index (χ1v) is 12.7. The Morgan fingerprint density at radius 1 is 0.974 bits per heavy atom. The van der Waals surface area contributed by atoms with Gasteiger partial charge < -0.3 is 9.15 Å². The molecular formula is C29H25N4O5+. The Morgan fingerprint density at radius 2 is 1.76 bits per heavy atom. The molecule has 2 aromatic carbocycles. The number of ether oxygens (including phenoxy) is 1. The number of nitrogens with zero attached hydrogens (tertiary/aromatic N) is 3. The van der Waals surface area contributed by atoms with E-state index < -0.39 is 11.8 Å². The van der Waals surface area contributed by atoms with Crippen molar-refractivity contribution in [3.63, 3.8) is 0 Å². The molecule has 1 atom stereocenters. The molecule has 0 aliphatic carbocycles. The molecule has 1 N–H and O–H groups in total. The predicted molar refractivity (Wildman–Crippen MR) is 142 cm³/mol. The largest absolute Gasteiger partial charge is 0.464 e. The van der Waals surface area contributed by atoms with Crippen molar-refractivity contribution in [3.05, 3.63) is 77.2 Å². The molecule has 0 bridgehead atoms. The lowest BCUT2D eigenvalue weighted by Gasteiger charge is -2.38. The Kier molecular flexibility index (Phi) is 5.17. The standard InChI is InChI=1S/C29H24N4O5/c34-27-23(21-6-2-4-19-8-14-38-26(19)21)24(28(35)31-27)22-17-30-9-13-33(29(36)32-10-15-37-16-11-32)12-7-18-3-1-5-20(22)25(18)33/h1-6,8-9,14,17H,7,10-13,15-16H2/p+1. The molecule has 5 heterocycles. The van der Waals surface area contributed by atoms with Crippen molar-refractivity contribution in [1.29, 1.82) is 0 Å². The van der Waals surface area contributed by atoms with Crippen LogP contribution in [-0.4, -0.2) is 68.4 Å². The van der Waals surface area contributed by atoms with Crippen molar-refractivity contribution in [2.45, 2.75) is 6.42 Å². The number of nitrogens with one attached hydrogen (secondary N) is 1. The fraction of sp³-hybridized carbons (Fsp3) is 0.241. The highest BCUT2D eigenvalue weighted by molar-refractivity contribution is 6.41. The highest BCUT2D eigenvalue weighted by Crippen LogP contribution is 2.46. The third kappa shape index (κ3) is 3.25. The van der Waals surface area contributed by atoms with Gasteiger partial charge in [-0.1, -0.05) is 30.3 Å². The molecule has 9 nitrogen and oxygen atoms in total. The van der Waals surface area contributed by atoms with Gasteiger partial charge in [-0.15, -0.1) is 0 Å². The predicted octanol–water partition coefficient (Wildman–Crippen LogP) is 3.28. The van der Waals surface area contributed by atoms with Crippen LogP contribution in [0.3, 0.4) is 0 Å². The second-order valence-corrected chi connectivity index (χ2v) is 9.87. The number of carbonyl (C=O) groups is 3. The van der Waals surface area contributed by atoms with Gasteiger partial charge in [-0.3, -0.25) is 24.8 Å². The van der Waals surface area contributed by atoms with Crippen LogP contribution < -0.4 is 9.80 Å². The SMILES string of the molecule is O=C1NC(=O)C(c2cccc3ccoc23)=C1C1=CN=CC[N+]2(C(=O)N3CCOCC3)CCc3cccc1c32. The molecule has 0 radical (unpaired) electrons. The Bertz CT molecular complexity index is 1620. The first-order valence-electron chi connectivity index (χ1n) is 12.7. The van der Waals surface area contributed by atoms with Crippen LogP contribution in [0, 0.1) is 0 Å². The lowest BCUT2D eigenvalue weighted by atomic mass is 9.89. The summed E-state index contributed by atoms with van der Waals surface area (Å²) in [5.41, 5.74) is 4.73. The number of quaternary nitrogens is 1. The van der Waals surface area contributed by atoms with Crippen LogP contribution in [0.4, 0.5) is 10.5 Å². The van der Waals surface area contributed by atoms with Crippen LogP contribution in [-0.2, 0) is 20.7 Å². The quantitative estimate of drug-likeness (QED) is 0.422. The minimum Gasteiger partial charge on any atom is -0.464 e. The highest BCUT2D eigenvalue weighted by atomic mass is 16.5. The average Bonchev–Trinajstić information content (AvgIpc) is 3.64. The number of urea groups is 1. The molecule has 4 aliphatic heterocycles. The number of furan rings is 1. The van der Waals surface area contributed by atoms with Gasteiger partial charge in [0.05, 0.1) is 43.4 Å². The van der Waals surface area contributed by atoms with E-state index in [1.54, 1.807) is 24.7 Å². The molecular weight excluding hydrogens is 484 g/mol. The monoisotopic (exact) mass is 509 g/mol. The number of benzene rings is 2. The van der Waals surface area contributed by atoms with Crippen molar-refractivity contribution in [1.82, 2.24) is 14.7 Å². The van der Waals surface area contributed by atoms with E-state index in [-0.39, 0.29) is 21.7 Å². The number of morpholine rings is 1. The Morgan fingerprint density at radius 3 is 2.63 bits per heavy atom. The van der Waals surface area contributed by atoms with E-state index in [4.69, 9.17) is 9.15 Å². The molecule has 3 aromatic rings. The summed E-state index contributed by atoms with van der Waals surface area (Å²) in [7, 11) is 0. The van der Waals surface area contributed by atoms with Crippen molar-refractivity contribution >= 4 is 51.9 Å². The van der Waals surface area contributed by atoms with E-state index in [2.05, 4.69) is 10.3 Å². The molecule has 1 saturated heterocycles. The van der Waals surface area contributed by atoms with Gasteiger partial charge in [0, 0.05) is 53.4 Å². The van der Waals surface area contributed by atoms with Crippen LogP contribution in [0.15, 0.2) is 69.9 Å². The minimum absolute atomic E-state index is 0.00806. The van der Waals surface area contributed by atoms with Gasteiger partial charge in [-0.25, -0.2) is 9.28 Å². The smallest absolute Gasteiger partial charge is 0.424 e. The molecule has 1 unspecified atom stereocenters. The van der Waals surface area contributed by atoms with E-state index in [0.29, 0.717) is 56.1 Å². The lowest BCUT2D eigenvalue weighted by Crippen LogP contribution is -2.61. The molecule has 9 heteroatoms. The average molecular weight is 510 g/mol. The van der Waals surface area contributed by atoms with Crippen molar-refractivity contribution < 1.29 is 23.5 Å². The molecule has 1 aromatic heterocycles. The summed E-state index contributed by atoms with van der Waals surface area (Å²) < 4.78 is 11.3. The summed E-state index contributed by atoms with van der Waals surface area (Å²) in [4.78, 5) is 47.1. The third-order valence-corrected chi connectivity index (χ3v) is 7.90. The summed E-state index contributed by atoms with van der Waals surface area (Å²) >= 11 is 0. The van der Waals surface area contributed by atoms with Crippen LogP contribution in [0.5, 0.6) is 0 Å². The van der Waals surface area contributed by atoms with Gasteiger partial charge in [0.2, 0.25) is 0 Å². The fourth-order valence-electron chi connectivity index (χ4n) is 6.16. The molecule has 4 amide bonds. The molecule has 0 saturated carbocycles. The summed E-state index contributed by atoms with van der Waals surface area (Å²) in [6.45, 7) is 3.11. The fourth-order valence-corrected chi connectivity index (χ4v) is 6.16. The maximum absolute atomic E-state index is 14.1. The van der Waals surface area contributed by atoms with E-state index in [1.807, 2.05) is 41.3 Å². The zero-order valence-corrected chi connectivity index (χ0v) is 20.6. The molecule has 190 valence electrons. The van der Waals surface area contributed by atoms with Crippen LogP contribution in [0.25, 0.3) is 22.1 Å². The van der Waals surface area contributed by atoms with Gasteiger partial charge in [0.1, 0.15) is 12.1 Å². The Hall–Kier alpha value is -4.34. The summed E-state index contributed by atoms with van der Waals surface area (Å²) in [6, 6.07) is 13.2. The molecule has 0 spiro atoms. The summed E-state index contributed by atoms with van der Waals surface area (Å²) in [6.07, 6.45) is 5.67. The number of imide groups is 1. The van der Waals surface area contributed by atoms with Gasteiger partial charge >= 0.3 is 6.03 Å². The topological polar surface area (TPSA) is 101 Å². The summed E-state index contributed by atoms with van der Waals surface area (Å²) in [5, 5.41) is 3.31. The maximum Gasteiger partial charge on any atom is 0.424 e. The van der Waals surface area contributed by atoms with Crippen molar-refractivity contribution in [3.8, 4) is 0 Å². The first kappa shape index (κ1) is 22.8. The summed E-state index contributed by atoms with van der Waals surface area (Å²) in [5.74, 6) is -0.984. The third-order valence-electron chi connectivity index (χ3n) is 7.90. The molecule has 1 fully saturated rings. The zero-order valence-electron chi connectivity index (χ0n) is 20.6. The molecule has 7 rings (SSSR count). The van der Waals surface area contributed by atoms with Gasteiger partial charge in [-0.2, -0.15) is 0 Å². The van der Waals surface area contributed by atoms with Crippen molar-refractivity contribution in [2.75, 3.05) is 39.4 Å². The van der Waals surface area contributed by atoms with Gasteiger partial charge in [0.15, 0.2) is 5.69 Å². The Balaban J connectivity index is 1.45. The number of carbonyl (C=O) groups excluding carboxylic acids is 3. The van der Waals surface area contributed by atoms with Crippen LogP contribution >= 0.6 is 0 Å². The number of para-hydroxylation sites is 2. The number of hydrogen-bond donors (Lipinski definition) is 1. The van der Waals surface area contributed by atoms with E-state index >= 15 is 0 Å². The van der Waals surface area contributed by atoms with Crippen LogP contribution in [0.1, 0.15) is 16.7 Å². The number of rotatable bonds is 2. The highest BCUT2D eigenvalue weighted by Gasteiger charge is 2.50. The second-order valence-electron chi connectivity index (χ2n) is 9.87. The minimum atomic E-state index is -0.496. The molecule has 38 heavy (non-hydrogen) atoms. The first-order chi connectivity index (χ1) is 18.6. The van der Waals surface area contributed by atoms with Crippen molar-refractivity contribution in [2.24, 2.45) is 4.99 Å². The zero-order chi connectivity index (χ0) is 25.9. The number of fused-ring (bicyclic) bond motifs is 1. The normalized spacial score (nSPS) is 22.8. The lowest BCUT2D eigenvalue weighted by molar-refractivity contribution is -0.123. The van der Waals surface area contributed by atoms with E-state index in [9.17, 15) is 14.4 Å². The second kappa shape index (κ2) is 8.61. The number of aliphatic imine (C=N–C) groups is 1. The van der Waals surface area contributed by atoms with E-state index in [1.165, 1.54) is 0 Å². The van der Waals surface area contributed by atoms with E-state index in [0.717, 1.165) is 28.6 Å². The maximum atomic E-state index is 14.1. The van der Waals surface area contributed by atoms with Gasteiger partial charge in [0.25, 0.3) is 11.8 Å². The van der Waals surface area contributed by atoms with Crippen LogP contribution in [0.2, 0.25) is 0 Å². The number of amides is 4. The molecule has 4 aliphatic rings. The number of hydrogen-bond acceptors (Lipinski definition) is 6. The Labute approximate surface area is 218 Å².